The van der Waals surface area contributed by atoms with Crippen molar-refractivity contribution in [2.24, 2.45) is 0 Å². The first-order valence-corrected chi connectivity index (χ1v) is 6.02. The monoisotopic (exact) mass is 180 g/mol. The van der Waals surface area contributed by atoms with Crippen molar-refractivity contribution >= 4 is 0 Å². The van der Waals surface area contributed by atoms with Gasteiger partial charge >= 0.3 is 0 Å². The summed E-state index contributed by atoms with van der Waals surface area (Å²) in [7, 11) is 0. The van der Waals surface area contributed by atoms with Gasteiger partial charge in [0, 0.05) is 6.04 Å². The third-order valence-electron chi connectivity index (χ3n) is 3.54. The van der Waals surface area contributed by atoms with Crippen LogP contribution in [0.2, 0.25) is 0 Å². The van der Waals surface area contributed by atoms with E-state index < -0.39 is 0 Å². The summed E-state index contributed by atoms with van der Waals surface area (Å²) >= 11 is 0. The predicted molar refractivity (Wildman–Crippen MR) is 56.6 cm³/mol. The van der Waals surface area contributed by atoms with Gasteiger partial charge in [-0.2, -0.15) is 0 Å². The Morgan fingerprint density at radius 1 is 0.923 bits per heavy atom. The Labute approximate surface area is 82.5 Å². The van der Waals surface area contributed by atoms with Gasteiger partial charge in [-0.1, -0.05) is 25.7 Å². The van der Waals surface area contributed by atoms with Gasteiger partial charge in [-0.25, -0.2) is 0 Å². The largest absolute Gasteiger partial charge is 0.300 e. The van der Waals surface area contributed by atoms with E-state index in [0.717, 1.165) is 6.04 Å². The first kappa shape index (κ1) is 9.51. The molecule has 1 heteroatoms. The molecule has 0 aromatic heterocycles. The zero-order valence-electron chi connectivity index (χ0n) is 8.67. The molecule has 0 aromatic rings. The second-order valence-electron chi connectivity index (χ2n) is 4.56. The van der Waals surface area contributed by atoms with Gasteiger partial charge in [-0.15, -0.1) is 0 Å². The fraction of sp³-hybridized carbons (Fsp3) is 0.917. The second kappa shape index (κ2) is 4.99. The van der Waals surface area contributed by atoms with Crippen LogP contribution < -0.4 is 0 Å². The van der Waals surface area contributed by atoms with E-state index in [1.807, 2.05) is 0 Å². The van der Waals surface area contributed by atoms with Crippen LogP contribution in [0.3, 0.4) is 0 Å². The van der Waals surface area contributed by atoms with Crippen LogP contribution in [0.15, 0.2) is 0 Å². The predicted octanol–water partition coefficient (Wildman–Crippen LogP) is 3.01. The van der Waals surface area contributed by atoms with Crippen LogP contribution in [0.1, 0.15) is 51.4 Å². The van der Waals surface area contributed by atoms with Crippen molar-refractivity contribution in [2.75, 3.05) is 13.1 Å². The molecule has 1 nitrogen and oxygen atoms in total. The lowest BCUT2D eigenvalue weighted by Gasteiger charge is -2.33. The maximum atomic E-state index is 2.75. The maximum Gasteiger partial charge on any atom is 0.00979 e. The van der Waals surface area contributed by atoms with Gasteiger partial charge in [0.1, 0.15) is 0 Å². The Kier molecular flexibility index (Phi) is 3.65. The van der Waals surface area contributed by atoms with Crippen molar-refractivity contribution in [3.63, 3.8) is 0 Å². The lowest BCUT2D eigenvalue weighted by Crippen LogP contribution is -2.37. The summed E-state index contributed by atoms with van der Waals surface area (Å²) in [6.07, 6.45) is 13.9. The van der Waals surface area contributed by atoms with Gasteiger partial charge < -0.3 is 4.90 Å². The van der Waals surface area contributed by atoms with E-state index in [9.17, 15) is 0 Å². The summed E-state index contributed by atoms with van der Waals surface area (Å²) < 4.78 is 0. The first-order chi connectivity index (χ1) is 6.47. The van der Waals surface area contributed by atoms with E-state index in [-0.39, 0.29) is 0 Å². The van der Waals surface area contributed by atoms with Gasteiger partial charge in [0.25, 0.3) is 0 Å². The standard InChI is InChI=1S/C12H22N/c1-2-7-11-13(10-6-1)12-8-4-3-5-9-12/h4,12H,1-3,5-11H2. The molecule has 13 heavy (non-hydrogen) atoms. The molecule has 0 bridgehead atoms. The van der Waals surface area contributed by atoms with E-state index in [4.69, 9.17) is 0 Å². The van der Waals surface area contributed by atoms with Gasteiger partial charge in [0.05, 0.1) is 0 Å². The zero-order chi connectivity index (χ0) is 8.93. The van der Waals surface area contributed by atoms with E-state index in [2.05, 4.69) is 11.3 Å². The molecule has 0 spiro atoms. The minimum atomic E-state index is 0.909. The lowest BCUT2D eigenvalue weighted by molar-refractivity contribution is 0.177. The van der Waals surface area contributed by atoms with E-state index in [1.54, 1.807) is 0 Å². The molecule has 1 radical (unpaired) electrons. The Morgan fingerprint density at radius 3 is 2.31 bits per heavy atom. The fourth-order valence-corrected chi connectivity index (χ4v) is 2.72. The van der Waals surface area contributed by atoms with E-state index in [0.29, 0.717) is 0 Å². The molecular weight excluding hydrogens is 158 g/mol. The highest BCUT2D eigenvalue weighted by atomic mass is 15.2. The molecule has 1 saturated carbocycles. The number of likely N-dealkylation sites (tertiary alicyclic amines) is 1. The van der Waals surface area contributed by atoms with Crippen molar-refractivity contribution in [1.82, 2.24) is 4.90 Å². The molecule has 1 unspecified atom stereocenters. The third kappa shape index (κ3) is 2.70. The van der Waals surface area contributed by atoms with Crippen LogP contribution in [0.4, 0.5) is 0 Å². The molecule has 2 aliphatic rings. The smallest absolute Gasteiger partial charge is 0.00979 e. The molecule has 75 valence electrons. The molecule has 0 amide bonds. The number of rotatable bonds is 1. The molecule has 2 rings (SSSR count). The Bertz CT molecular complexity index is 130. The van der Waals surface area contributed by atoms with Crippen LogP contribution >= 0.6 is 0 Å². The minimum Gasteiger partial charge on any atom is -0.300 e. The van der Waals surface area contributed by atoms with Gasteiger partial charge in [0.15, 0.2) is 0 Å². The number of nitrogens with zero attached hydrogens (tertiary/aromatic N) is 1. The zero-order valence-corrected chi connectivity index (χ0v) is 8.67. The topological polar surface area (TPSA) is 3.24 Å². The molecule has 1 aliphatic carbocycles. The molecule has 1 atom stereocenters. The first-order valence-electron chi connectivity index (χ1n) is 6.02. The van der Waals surface area contributed by atoms with Crippen LogP contribution in [0, 0.1) is 6.42 Å². The Hall–Kier alpha value is -0.0400. The van der Waals surface area contributed by atoms with Gasteiger partial charge in [-0.05, 0) is 45.2 Å². The van der Waals surface area contributed by atoms with Gasteiger partial charge in [0.2, 0.25) is 0 Å². The highest BCUT2D eigenvalue weighted by Gasteiger charge is 2.21. The van der Waals surface area contributed by atoms with Crippen molar-refractivity contribution in [2.45, 2.75) is 57.4 Å². The highest BCUT2D eigenvalue weighted by Crippen LogP contribution is 2.24. The summed E-state index contributed by atoms with van der Waals surface area (Å²) in [5.41, 5.74) is 0. The summed E-state index contributed by atoms with van der Waals surface area (Å²) in [6, 6.07) is 0.909. The number of hydrogen-bond acceptors (Lipinski definition) is 1. The SMILES string of the molecule is [CH]1CCCC(N2CCCCCC2)C1. The fourth-order valence-electron chi connectivity index (χ4n) is 2.72. The molecule has 1 saturated heterocycles. The summed E-state index contributed by atoms with van der Waals surface area (Å²) in [5.74, 6) is 0. The normalized spacial score (nSPS) is 28.6. The van der Waals surface area contributed by atoms with Crippen molar-refractivity contribution in [3.8, 4) is 0 Å². The maximum absolute atomic E-state index is 2.75. The van der Waals surface area contributed by atoms with Gasteiger partial charge in [-0.3, -0.25) is 0 Å². The molecule has 0 aromatic carbocycles. The molecule has 0 N–H and O–H groups in total. The van der Waals surface area contributed by atoms with Crippen LogP contribution in [-0.2, 0) is 0 Å². The van der Waals surface area contributed by atoms with Crippen molar-refractivity contribution in [1.29, 1.82) is 0 Å². The van der Waals surface area contributed by atoms with E-state index in [1.165, 1.54) is 64.5 Å². The lowest BCUT2D eigenvalue weighted by atomic mass is 9.94. The minimum absolute atomic E-state index is 0.909. The van der Waals surface area contributed by atoms with E-state index >= 15 is 0 Å². The Balaban J connectivity index is 1.82. The summed E-state index contributed by atoms with van der Waals surface area (Å²) in [6.45, 7) is 2.75. The quantitative estimate of drug-likeness (QED) is 0.599. The second-order valence-corrected chi connectivity index (χ2v) is 4.56. The molecule has 2 fully saturated rings. The average Bonchev–Trinajstić information content (AvgIpc) is 2.47. The van der Waals surface area contributed by atoms with Crippen LogP contribution in [0.25, 0.3) is 0 Å². The summed E-state index contributed by atoms with van der Waals surface area (Å²) in [4.78, 5) is 2.75. The van der Waals surface area contributed by atoms with Crippen LogP contribution in [-0.4, -0.2) is 24.0 Å². The Morgan fingerprint density at radius 2 is 1.69 bits per heavy atom. The third-order valence-corrected chi connectivity index (χ3v) is 3.54. The molecule has 1 heterocycles. The van der Waals surface area contributed by atoms with Crippen molar-refractivity contribution < 1.29 is 0 Å². The number of hydrogen-bond donors (Lipinski definition) is 0. The van der Waals surface area contributed by atoms with Crippen LogP contribution in [0.5, 0.6) is 0 Å². The molecule has 1 aliphatic heterocycles. The average molecular weight is 180 g/mol. The van der Waals surface area contributed by atoms with Crippen molar-refractivity contribution in [3.05, 3.63) is 6.42 Å². The highest BCUT2D eigenvalue weighted by molar-refractivity contribution is 4.84. The summed E-state index contributed by atoms with van der Waals surface area (Å²) in [5, 5.41) is 0. The molecular formula is C12H22N.